The van der Waals surface area contributed by atoms with E-state index in [1.54, 1.807) is 24.3 Å². The number of alkyl halides is 2. The normalized spacial score (nSPS) is 11.2. The molecule has 0 fully saturated rings. The maximum Gasteiger partial charge on any atom is 0.289 e. The van der Waals surface area contributed by atoms with Gasteiger partial charge in [-0.05, 0) is 12.1 Å². The lowest BCUT2D eigenvalue weighted by Gasteiger charge is -2.19. The summed E-state index contributed by atoms with van der Waals surface area (Å²) in [4.78, 5) is 12.9. The molecule has 1 heterocycles. The number of hydrogen-bond acceptors (Lipinski definition) is 3. The number of aliphatic hydroxyl groups excluding tert-OH is 1. The summed E-state index contributed by atoms with van der Waals surface area (Å²) in [7, 11) is 0. The van der Waals surface area contributed by atoms with Crippen molar-refractivity contribution in [3.05, 3.63) is 36.1 Å². The number of nitrogens with zero attached hydrogens (tertiary/aromatic N) is 1. The number of carbonyl (C=O) groups excluding carboxylic acids is 1. The first-order valence-corrected chi connectivity index (χ1v) is 5.78. The lowest BCUT2D eigenvalue weighted by Crippen LogP contribution is -2.37. The van der Waals surface area contributed by atoms with Gasteiger partial charge in [-0.15, -0.1) is 0 Å². The van der Waals surface area contributed by atoms with E-state index in [1.807, 2.05) is 0 Å². The summed E-state index contributed by atoms with van der Waals surface area (Å²) in [6.07, 6.45) is -2.65. The minimum Gasteiger partial charge on any atom is -0.451 e. The Balaban J connectivity index is 2.24. The zero-order valence-electron chi connectivity index (χ0n) is 10.1. The van der Waals surface area contributed by atoms with Crippen LogP contribution in [-0.4, -0.2) is 42.0 Å². The van der Waals surface area contributed by atoms with Crippen molar-refractivity contribution in [1.29, 1.82) is 0 Å². The van der Waals surface area contributed by atoms with Gasteiger partial charge in [-0.3, -0.25) is 4.79 Å². The van der Waals surface area contributed by atoms with Crippen molar-refractivity contribution in [2.45, 2.75) is 6.43 Å². The molecule has 1 aromatic carbocycles. The molecule has 2 rings (SSSR count). The molecule has 0 aliphatic rings. The Labute approximate surface area is 108 Å². The van der Waals surface area contributed by atoms with E-state index in [4.69, 9.17) is 9.52 Å². The van der Waals surface area contributed by atoms with Crippen molar-refractivity contribution in [1.82, 2.24) is 4.90 Å². The van der Waals surface area contributed by atoms with Crippen molar-refractivity contribution in [2.75, 3.05) is 19.7 Å². The first kappa shape index (κ1) is 13.5. The monoisotopic (exact) mass is 269 g/mol. The second kappa shape index (κ2) is 5.79. The second-order valence-electron chi connectivity index (χ2n) is 4.01. The third kappa shape index (κ3) is 3.08. The highest BCUT2D eigenvalue weighted by atomic mass is 19.3. The first-order chi connectivity index (χ1) is 9.11. The molecule has 1 amide bonds. The number of hydrogen-bond donors (Lipinski definition) is 1. The highest BCUT2D eigenvalue weighted by Gasteiger charge is 2.22. The van der Waals surface area contributed by atoms with Gasteiger partial charge in [0.25, 0.3) is 12.3 Å². The van der Waals surface area contributed by atoms with E-state index in [2.05, 4.69) is 0 Å². The summed E-state index contributed by atoms with van der Waals surface area (Å²) >= 11 is 0. The van der Waals surface area contributed by atoms with E-state index in [-0.39, 0.29) is 18.9 Å². The van der Waals surface area contributed by atoms with Crippen LogP contribution in [0.5, 0.6) is 0 Å². The molecule has 0 spiro atoms. The van der Waals surface area contributed by atoms with Crippen LogP contribution < -0.4 is 0 Å². The Kier molecular flexibility index (Phi) is 4.11. The van der Waals surface area contributed by atoms with E-state index in [9.17, 15) is 13.6 Å². The molecule has 0 atom stereocenters. The zero-order valence-corrected chi connectivity index (χ0v) is 10.1. The molecule has 1 N–H and O–H groups in total. The molecule has 6 heteroatoms. The number of rotatable bonds is 5. The number of halogens is 2. The van der Waals surface area contributed by atoms with Crippen molar-refractivity contribution in [2.24, 2.45) is 0 Å². The van der Waals surface area contributed by atoms with E-state index >= 15 is 0 Å². The molecule has 19 heavy (non-hydrogen) atoms. The number of furan rings is 1. The topological polar surface area (TPSA) is 53.7 Å². The van der Waals surface area contributed by atoms with Crippen molar-refractivity contribution in [3.8, 4) is 0 Å². The first-order valence-electron chi connectivity index (χ1n) is 5.78. The number of carbonyl (C=O) groups is 1. The Hall–Kier alpha value is -1.95. The van der Waals surface area contributed by atoms with Crippen molar-refractivity contribution < 1.29 is 23.1 Å². The zero-order chi connectivity index (χ0) is 13.8. The average Bonchev–Trinajstić information content (AvgIpc) is 2.80. The Morgan fingerprint density at radius 2 is 2.11 bits per heavy atom. The Morgan fingerprint density at radius 1 is 1.37 bits per heavy atom. The molecular weight excluding hydrogens is 256 g/mol. The SMILES string of the molecule is O=C(c1cc2ccccc2o1)N(CCO)CC(F)F. The quantitative estimate of drug-likeness (QED) is 0.904. The molecule has 102 valence electrons. The summed E-state index contributed by atoms with van der Waals surface area (Å²) < 4.78 is 30.1. The number of fused-ring (bicyclic) bond motifs is 1. The standard InChI is InChI=1S/C13H13F2NO3/c14-12(15)8-16(5-6-17)13(18)11-7-9-3-1-2-4-10(9)19-11/h1-4,7,12,17H,5-6,8H2. The van der Waals surface area contributed by atoms with Crippen molar-refractivity contribution in [3.63, 3.8) is 0 Å². The molecular formula is C13H13F2NO3. The fourth-order valence-corrected chi connectivity index (χ4v) is 1.81. The van der Waals surface area contributed by atoms with Gasteiger partial charge in [-0.25, -0.2) is 8.78 Å². The van der Waals surface area contributed by atoms with Crippen LogP contribution in [-0.2, 0) is 0 Å². The highest BCUT2D eigenvalue weighted by molar-refractivity contribution is 5.96. The Bertz CT molecular complexity index is 535. The molecule has 2 aromatic rings. The maximum atomic E-state index is 12.4. The van der Waals surface area contributed by atoms with Crippen LogP contribution in [0, 0.1) is 0 Å². The van der Waals surface area contributed by atoms with Gasteiger partial charge in [0, 0.05) is 11.9 Å². The molecule has 0 aliphatic heterocycles. The second-order valence-corrected chi connectivity index (χ2v) is 4.01. The minimum atomic E-state index is -2.65. The van der Waals surface area contributed by atoms with Crippen LogP contribution in [0.4, 0.5) is 8.78 Å². The molecule has 0 saturated heterocycles. The molecule has 0 radical (unpaired) electrons. The lowest BCUT2D eigenvalue weighted by atomic mass is 10.2. The van der Waals surface area contributed by atoms with Gasteiger partial charge in [-0.2, -0.15) is 0 Å². The summed E-state index contributed by atoms with van der Waals surface area (Å²) in [5, 5.41) is 9.54. The van der Waals surface area contributed by atoms with Crippen LogP contribution >= 0.6 is 0 Å². The molecule has 0 unspecified atom stereocenters. The summed E-state index contributed by atoms with van der Waals surface area (Å²) in [5.41, 5.74) is 0.520. The van der Waals surface area contributed by atoms with Gasteiger partial charge >= 0.3 is 0 Å². The fourth-order valence-electron chi connectivity index (χ4n) is 1.81. The van der Waals surface area contributed by atoms with Gasteiger partial charge in [0.1, 0.15) is 5.58 Å². The average molecular weight is 269 g/mol. The largest absolute Gasteiger partial charge is 0.451 e. The fraction of sp³-hybridized carbons (Fsp3) is 0.308. The van der Waals surface area contributed by atoms with Gasteiger partial charge in [0.15, 0.2) is 5.76 Å². The van der Waals surface area contributed by atoms with Gasteiger partial charge in [-0.1, -0.05) is 18.2 Å². The lowest BCUT2D eigenvalue weighted by molar-refractivity contribution is 0.0485. The highest BCUT2D eigenvalue weighted by Crippen LogP contribution is 2.20. The van der Waals surface area contributed by atoms with E-state index in [1.165, 1.54) is 6.07 Å². The number of amides is 1. The molecule has 1 aromatic heterocycles. The van der Waals surface area contributed by atoms with E-state index in [0.717, 1.165) is 10.3 Å². The Morgan fingerprint density at radius 3 is 2.74 bits per heavy atom. The van der Waals surface area contributed by atoms with Crippen LogP contribution in [0.15, 0.2) is 34.7 Å². The minimum absolute atomic E-state index is 0.00435. The van der Waals surface area contributed by atoms with Crippen molar-refractivity contribution >= 4 is 16.9 Å². The van der Waals surface area contributed by atoms with Gasteiger partial charge in [0.2, 0.25) is 0 Å². The van der Waals surface area contributed by atoms with Crippen LogP contribution in [0.25, 0.3) is 11.0 Å². The third-order valence-corrected chi connectivity index (χ3v) is 2.65. The van der Waals surface area contributed by atoms with Crippen LogP contribution in [0.3, 0.4) is 0 Å². The van der Waals surface area contributed by atoms with Crippen LogP contribution in [0.1, 0.15) is 10.6 Å². The summed E-state index contributed by atoms with van der Waals surface area (Å²) in [5.74, 6) is -0.652. The third-order valence-electron chi connectivity index (χ3n) is 2.65. The molecule has 4 nitrogen and oxygen atoms in total. The predicted molar refractivity (Wildman–Crippen MR) is 65.2 cm³/mol. The maximum absolute atomic E-state index is 12.4. The number of benzene rings is 1. The predicted octanol–water partition coefficient (Wildman–Crippen LogP) is 2.13. The van der Waals surface area contributed by atoms with E-state index < -0.39 is 18.9 Å². The molecule has 0 saturated carbocycles. The smallest absolute Gasteiger partial charge is 0.289 e. The van der Waals surface area contributed by atoms with Gasteiger partial charge in [0.05, 0.1) is 13.2 Å². The van der Waals surface area contributed by atoms with Crippen LogP contribution in [0.2, 0.25) is 0 Å². The summed E-state index contributed by atoms with van der Waals surface area (Å²) in [6.45, 7) is -1.25. The van der Waals surface area contributed by atoms with E-state index in [0.29, 0.717) is 5.58 Å². The molecule has 0 bridgehead atoms. The molecule has 0 aliphatic carbocycles. The van der Waals surface area contributed by atoms with Gasteiger partial charge < -0.3 is 14.4 Å². The number of aliphatic hydroxyl groups is 1. The summed E-state index contributed by atoms with van der Waals surface area (Å²) in [6, 6.07) is 8.50. The number of para-hydroxylation sites is 1.